The van der Waals surface area contributed by atoms with Gasteiger partial charge in [0.25, 0.3) is 10.0 Å². The smallest absolute Gasteiger partial charge is 0.326 e. The number of aromatic nitrogens is 1. The van der Waals surface area contributed by atoms with E-state index in [0.717, 1.165) is 9.86 Å². The Hall–Kier alpha value is -2.89. The number of thiazole rings is 1. The Balaban J connectivity index is 1.41. The van der Waals surface area contributed by atoms with Gasteiger partial charge in [0.2, 0.25) is 5.88 Å². The minimum atomic E-state index is -3.74. The molecule has 8 nitrogen and oxygen atoms in total. The number of nitrogens with zero attached hydrogens (tertiary/aromatic N) is 1. The highest BCUT2D eigenvalue weighted by Gasteiger charge is 2.15. The average Bonchev–Trinajstić information content (AvgIpc) is 3.30. The normalized spacial score (nSPS) is 11.3. The molecule has 0 aliphatic heterocycles. The lowest BCUT2D eigenvalue weighted by Gasteiger charge is -2.08. The third-order valence-electron chi connectivity index (χ3n) is 3.79. The minimum Gasteiger partial charge on any atom is -0.440 e. The van der Waals surface area contributed by atoms with Gasteiger partial charge in [-0.05, 0) is 42.5 Å². The molecule has 0 aliphatic carbocycles. The van der Waals surface area contributed by atoms with E-state index in [1.807, 2.05) is 12.1 Å². The van der Waals surface area contributed by atoms with Crippen LogP contribution in [0.15, 0.2) is 73.9 Å². The minimum absolute atomic E-state index is 0.0570. The van der Waals surface area contributed by atoms with Gasteiger partial charge in [0.15, 0.2) is 5.13 Å². The topological polar surface area (TPSA) is 113 Å². The van der Waals surface area contributed by atoms with Gasteiger partial charge >= 0.3 is 6.03 Å². The number of rotatable bonds is 5. The number of anilines is 3. The van der Waals surface area contributed by atoms with Crippen LogP contribution in [0.1, 0.15) is 0 Å². The molecule has 0 fully saturated rings. The fourth-order valence-corrected chi connectivity index (χ4v) is 4.68. The van der Waals surface area contributed by atoms with Crippen molar-refractivity contribution in [3.63, 3.8) is 0 Å². The highest BCUT2D eigenvalue weighted by molar-refractivity contribution is 9.10. The molecule has 0 aliphatic rings. The maximum atomic E-state index is 12.3. The Labute approximate surface area is 178 Å². The van der Waals surface area contributed by atoms with E-state index in [2.05, 4.69) is 36.3 Å². The Bertz CT molecular complexity index is 1270. The molecule has 0 bridgehead atoms. The van der Waals surface area contributed by atoms with Gasteiger partial charge < -0.3 is 9.73 Å². The zero-order chi connectivity index (χ0) is 20.4. The van der Waals surface area contributed by atoms with Crippen molar-refractivity contribution < 1.29 is 17.6 Å². The van der Waals surface area contributed by atoms with Crippen LogP contribution in [-0.4, -0.2) is 19.4 Å². The second-order valence-electron chi connectivity index (χ2n) is 5.84. The second-order valence-corrected chi connectivity index (χ2v) is 9.33. The van der Waals surface area contributed by atoms with E-state index in [0.29, 0.717) is 17.2 Å². The molecule has 4 aromatic rings. The fraction of sp³-hybridized carbons (Fsp3) is 0. The summed E-state index contributed by atoms with van der Waals surface area (Å²) in [5.41, 5.74) is 1.07. The molecule has 2 heterocycles. The molecule has 0 spiro atoms. The molecule has 0 saturated heterocycles. The lowest BCUT2D eigenvalue weighted by Crippen LogP contribution is -2.19. The van der Waals surface area contributed by atoms with Crippen LogP contribution in [0.25, 0.3) is 11.0 Å². The SMILES string of the molecule is O=C(Nc1ccc(S(=O)(=O)Nc2nccs2)cc1)Nc1cc2cc(Br)ccc2o1. The predicted molar refractivity (Wildman–Crippen MR) is 116 cm³/mol. The summed E-state index contributed by atoms with van der Waals surface area (Å²) >= 11 is 4.56. The number of benzene rings is 2. The van der Waals surface area contributed by atoms with Gasteiger partial charge in [-0.15, -0.1) is 11.3 Å². The van der Waals surface area contributed by atoms with E-state index in [-0.39, 0.29) is 10.0 Å². The highest BCUT2D eigenvalue weighted by Crippen LogP contribution is 2.26. The maximum Gasteiger partial charge on any atom is 0.326 e. The van der Waals surface area contributed by atoms with Crippen molar-refractivity contribution >= 4 is 71.0 Å². The lowest BCUT2D eigenvalue weighted by atomic mass is 10.3. The predicted octanol–water partition coefficient (Wildman–Crippen LogP) is 5.10. The van der Waals surface area contributed by atoms with Crippen molar-refractivity contribution in [1.29, 1.82) is 0 Å². The molecule has 0 saturated carbocycles. The Morgan fingerprint density at radius 2 is 1.86 bits per heavy atom. The van der Waals surface area contributed by atoms with E-state index in [9.17, 15) is 13.2 Å². The van der Waals surface area contributed by atoms with Crippen LogP contribution >= 0.6 is 27.3 Å². The van der Waals surface area contributed by atoms with E-state index in [4.69, 9.17) is 4.42 Å². The zero-order valence-electron chi connectivity index (χ0n) is 14.5. The number of furan rings is 1. The molecule has 148 valence electrons. The third-order valence-corrected chi connectivity index (χ3v) is 6.46. The molecule has 11 heteroatoms. The largest absolute Gasteiger partial charge is 0.440 e. The first-order valence-electron chi connectivity index (χ1n) is 8.18. The van der Waals surface area contributed by atoms with Gasteiger partial charge in [0, 0.05) is 33.2 Å². The summed E-state index contributed by atoms with van der Waals surface area (Å²) in [6.45, 7) is 0. The Morgan fingerprint density at radius 3 is 2.59 bits per heavy atom. The molecular formula is C18H13BrN4O4S2. The number of fused-ring (bicyclic) bond motifs is 1. The fourth-order valence-electron chi connectivity index (χ4n) is 2.52. The maximum absolute atomic E-state index is 12.3. The van der Waals surface area contributed by atoms with Crippen molar-refractivity contribution in [2.24, 2.45) is 0 Å². The number of hydrogen-bond donors (Lipinski definition) is 3. The molecule has 0 radical (unpaired) electrons. The molecule has 2 aromatic heterocycles. The summed E-state index contributed by atoms with van der Waals surface area (Å²) in [6, 6.07) is 12.5. The monoisotopic (exact) mass is 492 g/mol. The van der Waals surface area contributed by atoms with E-state index in [1.54, 1.807) is 17.5 Å². The number of hydrogen-bond acceptors (Lipinski definition) is 6. The van der Waals surface area contributed by atoms with Crippen LogP contribution in [-0.2, 0) is 10.0 Å². The summed E-state index contributed by atoms with van der Waals surface area (Å²) < 4.78 is 33.5. The number of nitrogens with one attached hydrogen (secondary N) is 3. The van der Waals surface area contributed by atoms with Crippen molar-refractivity contribution in [1.82, 2.24) is 4.98 Å². The molecule has 2 amide bonds. The standard InChI is InChI=1S/C18H13BrN4O4S2/c19-12-1-6-15-11(9-12)10-16(27-15)22-17(24)21-13-2-4-14(5-3-13)29(25,26)23-18-20-7-8-28-18/h1-10H,(H,20,23)(H2,21,22,24). The number of urea groups is 1. The van der Waals surface area contributed by atoms with Crippen LogP contribution in [0.3, 0.4) is 0 Å². The van der Waals surface area contributed by atoms with Crippen LogP contribution < -0.4 is 15.4 Å². The Kier molecular flexibility index (Phi) is 5.26. The van der Waals surface area contributed by atoms with Gasteiger partial charge in [-0.2, -0.15) is 0 Å². The molecule has 2 aromatic carbocycles. The summed E-state index contributed by atoms with van der Waals surface area (Å²) in [4.78, 5) is 16.1. The summed E-state index contributed by atoms with van der Waals surface area (Å²) in [5, 5.41) is 8.03. The zero-order valence-corrected chi connectivity index (χ0v) is 17.8. The van der Waals surface area contributed by atoms with Crippen LogP contribution in [0.5, 0.6) is 0 Å². The first kappa shape index (κ1) is 19.4. The van der Waals surface area contributed by atoms with E-state index in [1.165, 1.54) is 41.8 Å². The first-order chi connectivity index (χ1) is 13.9. The lowest BCUT2D eigenvalue weighted by molar-refractivity contribution is 0.261. The summed E-state index contributed by atoms with van der Waals surface area (Å²) in [5.74, 6) is 0.294. The number of sulfonamides is 1. The number of halogens is 1. The van der Waals surface area contributed by atoms with Gasteiger partial charge in [0.05, 0.1) is 4.90 Å². The quantitative estimate of drug-likeness (QED) is 0.358. The number of carbonyl (C=O) groups excluding carboxylic acids is 1. The van der Waals surface area contributed by atoms with Crippen molar-refractivity contribution in [3.8, 4) is 0 Å². The average molecular weight is 493 g/mol. The van der Waals surface area contributed by atoms with Crippen molar-refractivity contribution in [2.75, 3.05) is 15.4 Å². The molecule has 0 unspecified atom stereocenters. The van der Waals surface area contributed by atoms with Gasteiger partial charge in [-0.1, -0.05) is 15.9 Å². The summed E-state index contributed by atoms with van der Waals surface area (Å²) in [6.07, 6.45) is 1.51. The third kappa shape index (κ3) is 4.58. The summed E-state index contributed by atoms with van der Waals surface area (Å²) in [7, 11) is -3.74. The number of amides is 2. The van der Waals surface area contributed by atoms with Gasteiger partial charge in [-0.3, -0.25) is 10.0 Å². The van der Waals surface area contributed by atoms with Crippen LogP contribution in [0, 0.1) is 0 Å². The van der Waals surface area contributed by atoms with Crippen LogP contribution in [0.2, 0.25) is 0 Å². The van der Waals surface area contributed by atoms with Crippen molar-refractivity contribution in [3.05, 3.63) is 64.6 Å². The molecule has 3 N–H and O–H groups in total. The number of carbonyl (C=O) groups is 1. The highest BCUT2D eigenvalue weighted by atomic mass is 79.9. The van der Waals surface area contributed by atoms with E-state index < -0.39 is 16.1 Å². The van der Waals surface area contributed by atoms with E-state index >= 15 is 0 Å². The van der Waals surface area contributed by atoms with Crippen molar-refractivity contribution in [2.45, 2.75) is 4.90 Å². The Morgan fingerprint density at radius 1 is 1.07 bits per heavy atom. The molecule has 4 rings (SSSR count). The van der Waals surface area contributed by atoms with Gasteiger partial charge in [0.1, 0.15) is 5.58 Å². The van der Waals surface area contributed by atoms with Crippen LogP contribution in [0.4, 0.5) is 21.5 Å². The first-order valence-corrected chi connectivity index (χ1v) is 11.3. The molecular weight excluding hydrogens is 480 g/mol. The molecule has 29 heavy (non-hydrogen) atoms. The second kappa shape index (κ2) is 7.85. The van der Waals surface area contributed by atoms with Gasteiger partial charge in [-0.25, -0.2) is 18.2 Å². The molecule has 0 atom stereocenters.